The van der Waals surface area contributed by atoms with E-state index in [2.05, 4.69) is 10.0 Å². The summed E-state index contributed by atoms with van der Waals surface area (Å²) in [5, 5.41) is 13.8. The Morgan fingerprint density at radius 2 is 1.67 bits per heavy atom. The van der Waals surface area contributed by atoms with Crippen LogP contribution in [0.3, 0.4) is 0 Å². The zero-order chi connectivity index (χ0) is 20.2. The van der Waals surface area contributed by atoms with E-state index in [0.29, 0.717) is 17.2 Å². The molecule has 0 aliphatic rings. The fraction of sp³-hybridized carbons (Fsp3) is 0.250. The van der Waals surface area contributed by atoms with Gasteiger partial charge in [0.1, 0.15) is 5.69 Å². The number of alkyl halides is 3. The van der Waals surface area contributed by atoms with Crippen LogP contribution < -0.4 is 10.0 Å². The molecule has 0 atom stereocenters. The number of rotatable bonds is 7. The van der Waals surface area contributed by atoms with Gasteiger partial charge in [-0.1, -0.05) is 24.3 Å². The van der Waals surface area contributed by atoms with E-state index in [-0.39, 0.29) is 18.0 Å². The Morgan fingerprint density at radius 1 is 1.07 bits per heavy atom. The minimum absolute atomic E-state index is 0.0464. The molecule has 2 rings (SSSR count). The van der Waals surface area contributed by atoms with E-state index in [1.165, 1.54) is 7.05 Å². The van der Waals surface area contributed by atoms with Gasteiger partial charge in [-0.15, -0.1) is 0 Å². The van der Waals surface area contributed by atoms with Gasteiger partial charge >= 0.3 is 6.18 Å². The zero-order valence-corrected chi connectivity index (χ0v) is 14.9. The highest BCUT2D eigenvalue weighted by atomic mass is 32.2. The SMILES string of the molecule is CNS(=O)(=O)Cc1ccc(CNc2ccc(C(F)(F)F)cc2[N+](=O)[O-])cc1. The fourth-order valence-electron chi connectivity index (χ4n) is 2.25. The number of nitro benzene ring substituents is 1. The van der Waals surface area contributed by atoms with Crippen LogP contribution in [0.2, 0.25) is 0 Å². The minimum Gasteiger partial charge on any atom is -0.375 e. The number of nitrogens with zero attached hydrogens (tertiary/aromatic N) is 1. The van der Waals surface area contributed by atoms with E-state index in [0.717, 1.165) is 12.1 Å². The maximum absolute atomic E-state index is 12.7. The molecule has 0 saturated heterocycles. The molecule has 7 nitrogen and oxygen atoms in total. The van der Waals surface area contributed by atoms with Crippen molar-refractivity contribution in [3.05, 3.63) is 69.3 Å². The van der Waals surface area contributed by atoms with E-state index < -0.39 is 32.4 Å². The summed E-state index contributed by atoms with van der Waals surface area (Å²) < 4.78 is 63.3. The Kier molecular flexibility index (Phi) is 6.06. The van der Waals surface area contributed by atoms with Crippen molar-refractivity contribution in [2.75, 3.05) is 12.4 Å². The predicted octanol–water partition coefficient (Wildman–Crippen LogP) is 3.27. The maximum Gasteiger partial charge on any atom is 0.416 e. The molecule has 146 valence electrons. The molecule has 2 N–H and O–H groups in total. The lowest BCUT2D eigenvalue weighted by molar-refractivity contribution is -0.384. The Hall–Kier alpha value is -2.66. The summed E-state index contributed by atoms with van der Waals surface area (Å²) in [4.78, 5) is 10.2. The van der Waals surface area contributed by atoms with Crippen LogP contribution in [0.1, 0.15) is 16.7 Å². The van der Waals surface area contributed by atoms with E-state index in [9.17, 15) is 31.7 Å². The molecule has 0 unspecified atom stereocenters. The highest BCUT2D eigenvalue weighted by molar-refractivity contribution is 7.88. The summed E-state index contributed by atoms with van der Waals surface area (Å²) in [6.07, 6.45) is -4.67. The van der Waals surface area contributed by atoms with Crippen molar-refractivity contribution in [2.24, 2.45) is 0 Å². The van der Waals surface area contributed by atoms with Gasteiger partial charge < -0.3 is 5.32 Å². The van der Waals surface area contributed by atoms with Gasteiger partial charge in [-0.05, 0) is 30.3 Å². The molecule has 2 aromatic carbocycles. The maximum atomic E-state index is 12.7. The van der Waals surface area contributed by atoms with Crippen LogP contribution in [0.4, 0.5) is 24.5 Å². The first-order valence-electron chi connectivity index (χ1n) is 7.60. The largest absolute Gasteiger partial charge is 0.416 e. The second-order valence-corrected chi connectivity index (χ2v) is 7.55. The third-order valence-corrected chi connectivity index (χ3v) is 5.03. The van der Waals surface area contributed by atoms with Gasteiger partial charge in [0.05, 0.1) is 16.2 Å². The number of anilines is 1. The number of nitro groups is 1. The van der Waals surface area contributed by atoms with Crippen molar-refractivity contribution in [2.45, 2.75) is 18.5 Å². The zero-order valence-electron chi connectivity index (χ0n) is 14.1. The summed E-state index contributed by atoms with van der Waals surface area (Å²) in [7, 11) is -2.09. The lowest BCUT2D eigenvalue weighted by Crippen LogP contribution is -2.20. The van der Waals surface area contributed by atoms with Crippen molar-refractivity contribution in [3.63, 3.8) is 0 Å². The molecule has 11 heteroatoms. The molecule has 0 radical (unpaired) electrons. The van der Waals surface area contributed by atoms with Crippen LogP contribution in [-0.4, -0.2) is 20.4 Å². The number of sulfonamides is 1. The minimum atomic E-state index is -4.67. The third kappa shape index (κ3) is 5.66. The Labute approximate surface area is 153 Å². The monoisotopic (exact) mass is 403 g/mol. The van der Waals surface area contributed by atoms with Gasteiger partial charge in [0.2, 0.25) is 10.0 Å². The quantitative estimate of drug-likeness (QED) is 0.546. The van der Waals surface area contributed by atoms with E-state index >= 15 is 0 Å². The smallest absolute Gasteiger partial charge is 0.375 e. The predicted molar refractivity (Wildman–Crippen MR) is 93.6 cm³/mol. The number of halogens is 3. The number of benzene rings is 2. The second-order valence-electron chi connectivity index (χ2n) is 5.62. The van der Waals surface area contributed by atoms with Crippen molar-refractivity contribution >= 4 is 21.4 Å². The van der Waals surface area contributed by atoms with Gasteiger partial charge in [-0.3, -0.25) is 10.1 Å². The molecule has 27 heavy (non-hydrogen) atoms. The molecule has 0 spiro atoms. The first-order chi connectivity index (χ1) is 12.5. The van der Waals surface area contributed by atoms with Gasteiger partial charge in [-0.25, -0.2) is 13.1 Å². The van der Waals surface area contributed by atoms with Crippen molar-refractivity contribution in [1.82, 2.24) is 4.72 Å². The molecule has 0 bridgehead atoms. The van der Waals surface area contributed by atoms with Crippen LogP contribution in [-0.2, 0) is 28.5 Å². The summed E-state index contributed by atoms with van der Waals surface area (Å²) in [6.45, 7) is 0.116. The molecule has 2 aromatic rings. The van der Waals surface area contributed by atoms with Gasteiger partial charge in [-0.2, -0.15) is 13.2 Å². The van der Waals surface area contributed by atoms with Crippen LogP contribution in [0.15, 0.2) is 42.5 Å². The van der Waals surface area contributed by atoms with Crippen LogP contribution >= 0.6 is 0 Å². The van der Waals surface area contributed by atoms with Crippen LogP contribution in [0.5, 0.6) is 0 Å². The van der Waals surface area contributed by atoms with Gasteiger partial charge in [0.15, 0.2) is 0 Å². The lowest BCUT2D eigenvalue weighted by atomic mass is 10.1. The third-order valence-electron chi connectivity index (χ3n) is 3.70. The summed E-state index contributed by atoms with van der Waals surface area (Å²) in [6, 6.07) is 8.69. The van der Waals surface area contributed by atoms with E-state index in [1.807, 2.05) is 0 Å². The van der Waals surface area contributed by atoms with Crippen LogP contribution in [0, 0.1) is 10.1 Å². The lowest BCUT2D eigenvalue weighted by Gasteiger charge is -2.11. The molecule has 0 saturated carbocycles. The Bertz CT molecular complexity index is 929. The van der Waals surface area contributed by atoms with Crippen LogP contribution in [0.25, 0.3) is 0 Å². The van der Waals surface area contributed by atoms with Crippen molar-refractivity contribution < 1.29 is 26.5 Å². The molecule has 0 heterocycles. The first kappa shape index (κ1) is 20.6. The Balaban J connectivity index is 2.13. The second kappa shape index (κ2) is 7.92. The summed E-state index contributed by atoms with van der Waals surface area (Å²) >= 11 is 0. The molecule has 0 amide bonds. The number of nitrogens with one attached hydrogen (secondary N) is 2. The molecule has 0 aromatic heterocycles. The summed E-state index contributed by atoms with van der Waals surface area (Å²) in [5.41, 5.74) is -0.602. The van der Waals surface area contributed by atoms with E-state index in [1.54, 1.807) is 24.3 Å². The van der Waals surface area contributed by atoms with Crippen molar-refractivity contribution in [1.29, 1.82) is 0 Å². The standard InChI is InChI=1S/C16H16F3N3O4S/c1-20-27(25,26)10-12-4-2-11(3-5-12)9-21-14-7-6-13(16(17,18)19)8-15(14)22(23)24/h2-8,20-21H,9-10H2,1H3. The topological polar surface area (TPSA) is 101 Å². The first-order valence-corrected chi connectivity index (χ1v) is 9.25. The highest BCUT2D eigenvalue weighted by Gasteiger charge is 2.33. The fourth-order valence-corrected chi connectivity index (χ4v) is 3.03. The average molecular weight is 403 g/mol. The number of hydrogen-bond acceptors (Lipinski definition) is 5. The average Bonchev–Trinajstić information content (AvgIpc) is 2.60. The molecule has 0 aliphatic carbocycles. The number of hydrogen-bond donors (Lipinski definition) is 2. The molecular weight excluding hydrogens is 387 g/mol. The Morgan fingerprint density at radius 3 is 2.19 bits per heavy atom. The van der Waals surface area contributed by atoms with E-state index in [4.69, 9.17) is 0 Å². The molecule has 0 aliphatic heterocycles. The highest BCUT2D eigenvalue weighted by Crippen LogP contribution is 2.35. The summed E-state index contributed by atoms with van der Waals surface area (Å²) in [5.74, 6) is -0.193. The van der Waals surface area contributed by atoms with Gasteiger partial charge in [0, 0.05) is 12.6 Å². The van der Waals surface area contributed by atoms with Crippen molar-refractivity contribution in [3.8, 4) is 0 Å². The molecule has 0 fully saturated rings. The van der Waals surface area contributed by atoms with Gasteiger partial charge in [0.25, 0.3) is 5.69 Å². The normalized spacial score (nSPS) is 12.0. The molecular formula is C16H16F3N3O4S.